The second-order valence-electron chi connectivity index (χ2n) is 7.49. The third-order valence-electron chi connectivity index (χ3n) is 5.35. The molecule has 0 unspecified atom stereocenters. The van der Waals surface area contributed by atoms with Gasteiger partial charge in [0.1, 0.15) is 5.75 Å². The molecule has 0 saturated heterocycles. The zero-order valence-electron chi connectivity index (χ0n) is 18.3. The molecule has 0 spiro atoms. The molecule has 2 aromatic carbocycles. The van der Waals surface area contributed by atoms with Crippen LogP contribution < -0.4 is 19.7 Å². The monoisotopic (exact) mass is 488 g/mol. The minimum atomic E-state index is -3.78. The Morgan fingerprint density at radius 3 is 2.79 bits per heavy atom. The molecular formula is C22H24N4O5S2. The fourth-order valence-corrected chi connectivity index (χ4v) is 5.64. The summed E-state index contributed by atoms with van der Waals surface area (Å²) in [7, 11) is -2.20. The lowest BCUT2D eigenvalue weighted by Gasteiger charge is -2.16. The molecule has 33 heavy (non-hydrogen) atoms. The van der Waals surface area contributed by atoms with E-state index in [0.29, 0.717) is 30.3 Å². The molecule has 3 aromatic rings. The number of ether oxygens (including phenoxy) is 1. The smallest absolute Gasteiger partial charge is 0.240 e. The highest BCUT2D eigenvalue weighted by atomic mass is 32.2. The van der Waals surface area contributed by atoms with Crippen LogP contribution >= 0.6 is 11.3 Å². The van der Waals surface area contributed by atoms with Crippen molar-refractivity contribution in [3.05, 3.63) is 42.0 Å². The standard InChI is InChI=1S/C22H24N4O5S2/c1-3-21(28)26-11-9-14-12-16(5-7-18(14)26)33(29,30)23-10-8-20(27)25-22-24-17-6-4-15(31-2)13-19(17)32-22/h4-7,12-13,23H,3,8-11H2,1-2H3,(H,24,25,27). The second-order valence-corrected chi connectivity index (χ2v) is 10.3. The molecule has 0 atom stereocenters. The number of nitrogens with one attached hydrogen (secondary N) is 2. The van der Waals surface area contributed by atoms with Gasteiger partial charge in [0, 0.05) is 31.6 Å². The largest absolute Gasteiger partial charge is 0.497 e. The van der Waals surface area contributed by atoms with Gasteiger partial charge in [-0.25, -0.2) is 18.1 Å². The summed E-state index contributed by atoms with van der Waals surface area (Å²) in [6.45, 7) is 2.30. The van der Waals surface area contributed by atoms with Gasteiger partial charge in [0.2, 0.25) is 21.8 Å². The number of thiazole rings is 1. The molecular weight excluding hydrogens is 464 g/mol. The van der Waals surface area contributed by atoms with Gasteiger partial charge in [-0.1, -0.05) is 18.3 Å². The first-order valence-corrected chi connectivity index (χ1v) is 12.8. The predicted octanol–water partition coefficient (Wildman–Crippen LogP) is 2.91. The van der Waals surface area contributed by atoms with Gasteiger partial charge in [-0.05, 0) is 48.4 Å². The topological polar surface area (TPSA) is 118 Å². The van der Waals surface area contributed by atoms with Gasteiger partial charge in [-0.3, -0.25) is 9.59 Å². The zero-order valence-corrected chi connectivity index (χ0v) is 19.9. The first-order valence-electron chi connectivity index (χ1n) is 10.5. The number of amides is 2. The molecule has 11 heteroatoms. The molecule has 4 rings (SSSR count). The molecule has 1 aliphatic heterocycles. The number of carbonyl (C=O) groups is 2. The van der Waals surface area contributed by atoms with Crippen LogP contribution in [-0.4, -0.2) is 45.4 Å². The molecule has 0 aliphatic carbocycles. The summed E-state index contributed by atoms with van der Waals surface area (Å²) in [5.41, 5.74) is 2.33. The molecule has 2 heterocycles. The Morgan fingerprint density at radius 2 is 2.03 bits per heavy atom. The Morgan fingerprint density at radius 1 is 1.21 bits per heavy atom. The fourth-order valence-electron chi connectivity index (χ4n) is 3.64. The Hall–Kier alpha value is -3.02. The fraction of sp³-hybridized carbons (Fsp3) is 0.318. The molecule has 0 saturated carbocycles. The summed E-state index contributed by atoms with van der Waals surface area (Å²) < 4.78 is 33.9. The maximum Gasteiger partial charge on any atom is 0.240 e. The van der Waals surface area contributed by atoms with Gasteiger partial charge < -0.3 is 15.0 Å². The van der Waals surface area contributed by atoms with Crippen LogP contribution in [0.15, 0.2) is 41.3 Å². The highest BCUT2D eigenvalue weighted by Gasteiger charge is 2.25. The van der Waals surface area contributed by atoms with Gasteiger partial charge in [0.15, 0.2) is 5.13 Å². The predicted molar refractivity (Wildman–Crippen MR) is 127 cm³/mol. The summed E-state index contributed by atoms with van der Waals surface area (Å²) >= 11 is 1.32. The first kappa shape index (κ1) is 23.1. The number of nitrogens with zero attached hydrogens (tertiary/aromatic N) is 2. The van der Waals surface area contributed by atoms with Crippen LogP contribution in [0.5, 0.6) is 5.75 Å². The van der Waals surface area contributed by atoms with Crippen LogP contribution in [0.1, 0.15) is 25.3 Å². The lowest BCUT2D eigenvalue weighted by Crippen LogP contribution is -2.28. The van der Waals surface area contributed by atoms with Crippen LogP contribution in [0.25, 0.3) is 10.2 Å². The first-order chi connectivity index (χ1) is 15.8. The van der Waals surface area contributed by atoms with Crippen LogP contribution in [0.4, 0.5) is 10.8 Å². The lowest BCUT2D eigenvalue weighted by molar-refractivity contribution is -0.118. The highest BCUT2D eigenvalue weighted by Crippen LogP contribution is 2.31. The van der Waals surface area contributed by atoms with Crippen LogP contribution in [0, 0.1) is 0 Å². The number of benzene rings is 2. The number of fused-ring (bicyclic) bond motifs is 2. The van der Waals surface area contributed by atoms with Crippen molar-refractivity contribution >= 4 is 54.2 Å². The van der Waals surface area contributed by atoms with E-state index in [2.05, 4.69) is 15.0 Å². The molecule has 0 bridgehead atoms. The zero-order chi connectivity index (χ0) is 23.6. The number of rotatable bonds is 8. The quantitative estimate of drug-likeness (QED) is 0.503. The minimum Gasteiger partial charge on any atom is -0.497 e. The Bertz CT molecular complexity index is 1320. The van der Waals surface area contributed by atoms with E-state index in [1.807, 2.05) is 12.1 Å². The average Bonchev–Trinajstić information content (AvgIpc) is 3.40. The summed E-state index contributed by atoms with van der Waals surface area (Å²) in [6.07, 6.45) is 0.970. The van der Waals surface area contributed by atoms with E-state index in [1.54, 1.807) is 37.1 Å². The summed E-state index contributed by atoms with van der Waals surface area (Å²) in [5, 5.41) is 3.15. The molecule has 1 aliphatic rings. The minimum absolute atomic E-state index is 0.0146. The van der Waals surface area contributed by atoms with E-state index < -0.39 is 10.0 Å². The number of carbonyl (C=O) groups excluding carboxylic acids is 2. The van der Waals surface area contributed by atoms with Crippen molar-refractivity contribution in [3.63, 3.8) is 0 Å². The lowest BCUT2D eigenvalue weighted by atomic mass is 10.2. The van der Waals surface area contributed by atoms with Crippen molar-refractivity contribution in [2.45, 2.75) is 31.1 Å². The summed E-state index contributed by atoms with van der Waals surface area (Å²) in [6, 6.07) is 10.2. The van der Waals surface area contributed by atoms with E-state index in [0.717, 1.165) is 21.5 Å². The van der Waals surface area contributed by atoms with E-state index in [-0.39, 0.29) is 29.7 Å². The molecule has 9 nitrogen and oxygen atoms in total. The number of hydrogen-bond donors (Lipinski definition) is 2. The van der Waals surface area contributed by atoms with E-state index in [4.69, 9.17) is 4.74 Å². The van der Waals surface area contributed by atoms with Gasteiger partial charge in [-0.2, -0.15) is 0 Å². The molecule has 174 valence electrons. The summed E-state index contributed by atoms with van der Waals surface area (Å²) in [4.78, 5) is 30.5. The number of sulfonamides is 1. The maximum absolute atomic E-state index is 12.7. The van der Waals surface area contributed by atoms with E-state index >= 15 is 0 Å². The van der Waals surface area contributed by atoms with Crippen molar-refractivity contribution in [2.75, 3.05) is 30.4 Å². The summed E-state index contributed by atoms with van der Waals surface area (Å²) in [5.74, 6) is 0.377. The molecule has 2 N–H and O–H groups in total. The van der Waals surface area contributed by atoms with Crippen molar-refractivity contribution in [1.29, 1.82) is 0 Å². The Balaban J connectivity index is 1.34. The third kappa shape index (κ3) is 5.00. The SMILES string of the molecule is CCC(=O)N1CCc2cc(S(=O)(=O)NCCC(=O)Nc3nc4ccc(OC)cc4s3)ccc21. The Kier molecular flexibility index (Phi) is 6.63. The van der Waals surface area contributed by atoms with E-state index in [1.165, 1.54) is 17.4 Å². The Labute approximate surface area is 195 Å². The van der Waals surface area contributed by atoms with Crippen LogP contribution in [-0.2, 0) is 26.0 Å². The maximum atomic E-state index is 12.7. The van der Waals surface area contributed by atoms with Crippen LogP contribution in [0.2, 0.25) is 0 Å². The number of anilines is 2. The number of hydrogen-bond acceptors (Lipinski definition) is 7. The average molecular weight is 489 g/mol. The van der Waals surface area contributed by atoms with Gasteiger partial charge in [0.25, 0.3) is 0 Å². The van der Waals surface area contributed by atoms with Crippen LogP contribution in [0.3, 0.4) is 0 Å². The van der Waals surface area contributed by atoms with Crippen molar-refractivity contribution in [3.8, 4) is 5.75 Å². The highest BCUT2D eigenvalue weighted by molar-refractivity contribution is 7.89. The molecule has 1 aromatic heterocycles. The molecule has 0 fully saturated rings. The second kappa shape index (κ2) is 9.46. The third-order valence-corrected chi connectivity index (χ3v) is 7.74. The van der Waals surface area contributed by atoms with Gasteiger partial charge in [-0.15, -0.1) is 0 Å². The molecule has 2 amide bonds. The van der Waals surface area contributed by atoms with Gasteiger partial charge in [0.05, 0.1) is 22.2 Å². The van der Waals surface area contributed by atoms with Gasteiger partial charge >= 0.3 is 0 Å². The van der Waals surface area contributed by atoms with Crippen molar-refractivity contribution < 1.29 is 22.7 Å². The number of aromatic nitrogens is 1. The van der Waals surface area contributed by atoms with Crippen molar-refractivity contribution in [2.24, 2.45) is 0 Å². The van der Waals surface area contributed by atoms with Crippen molar-refractivity contribution in [1.82, 2.24) is 9.71 Å². The number of methoxy groups -OCH3 is 1. The normalized spacial score (nSPS) is 13.2. The molecule has 0 radical (unpaired) electrons. The van der Waals surface area contributed by atoms with E-state index in [9.17, 15) is 18.0 Å².